The molecule has 3 heteroatoms. The third-order valence-electron chi connectivity index (χ3n) is 6.71. The van der Waals surface area contributed by atoms with Crippen LogP contribution in [0.1, 0.15) is 11.1 Å². The third kappa shape index (κ3) is 4.12. The van der Waals surface area contributed by atoms with Crippen LogP contribution in [0.15, 0.2) is 115 Å². The molecule has 6 aromatic rings. The van der Waals surface area contributed by atoms with Crippen molar-refractivity contribution in [2.24, 2.45) is 0 Å². The Morgan fingerprint density at radius 2 is 1.21 bits per heavy atom. The molecule has 0 radical (unpaired) electrons. The standard InChI is InChI=1S/C31H27N2.BrH/c1-3-11-24(12-4-1)19-21-32-29-18-10-8-16-27(29)31-30(32)23-26-15-7-9-17-28(26)33(31)22-20-25-13-5-2-6-14-25;/h1-18,23H,19-22H2;1H/q+1;/p-1. The molecule has 0 fully saturated rings. The quantitative estimate of drug-likeness (QED) is 0.304. The van der Waals surface area contributed by atoms with Gasteiger partial charge in [-0.25, -0.2) is 0 Å². The van der Waals surface area contributed by atoms with Crippen LogP contribution in [0.25, 0.3) is 32.8 Å². The summed E-state index contributed by atoms with van der Waals surface area (Å²) in [6.07, 6.45) is 2.03. The van der Waals surface area contributed by atoms with Crippen molar-refractivity contribution < 1.29 is 21.5 Å². The molecule has 0 bridgehead atoms. The van der Waals surface area contributed by atoms with E-state index in [0.717, 1.165) is 25.9 Å². The lowest BCUT2D eigenvalue weighted by Crippen LogP contribution is -3.00. The first-order valence-corrected chi connectivity index (χ1v) is 11.8. The van der Waals surface area contributed by atoms with Crippen LogP contribution >= 0.6 is 0 Å². The minimum Gasteiger partial charge on any atom is -1.00 e. The normalized spacial score (nSPS) is 11.2. The van der Waals surface area contributed by atoms with Crippen LogP contribution in [0.5, 0.6) is 0 Å². The molecule has 4 aromatic carbocycles. The average Bonchev–Trinajstić information content (AvgIpc) is 3.19. The number of benzene rings is 4. The molecular formula is C31H27BrN2. The number of hydrogen-bond donors (Lipinski definition) is 0. The van der Waals surface area contributed by atoms with Crippen molar-refractivity contribution >= 4 is 32.8 Å². The fraction of sp³-hybridized carbons (Fsp3) is 0.129. The third-order valence-corrected chi connectivity index (χ3v) is 6.71. The van der Waals surface area contributed by atoms with E-state index in [1.807, 2.05) is 0 Å². The van der Waals surface area contributed by atoms with Crippen LogP contribution in [0.2, 0.25) is 0 Å². The van der Waals surface area contributed by atoms with E-state index in [0.29, 0.717) is 0 Å². The Labute approximate surface area is 210 Å². The zero-order valence-electron chi connectivity index (χ0n) is 19.1. The Balaban J connectivity index is 0.00000241. The Kier molecular flexibility index (Phi) is 6.46. The second-order valence-corrected chi connectivity index (χ2v) is 8.73. The molecule has 0 saturated carbocycles. The van der Waals surface area contributed by atoms with Gasteiger partial charge in [-0.2, -0.15) is 4.57 Å². The van der Waals surface area contributed by atoms with Crippen LogP contribution in [-0.4, -0.2) is 4.57 Å². The van der Waals surface area contributed by atoms with E-state index >= 15 is 0 Å². The van der Waals surface area contributed by atoms with E-state index in [9.17, 15) is 0 Å². The van der Waals surface area contributed by atoms with Gasteiger partial charge in [-0.3, -0.25) is 0 Å². The molecule has 0 spiro atoms. The maximum absolute atomic E-state index is 2.54. The predicted molar refractivity (Wildman–Crippen MR) is 137 cm³/mol. The van der Waals surface area contributed by atoms with E-state index in [1.54, 1.807) is 0 Å². The van der Waals surface area contributed by atoms with Gasteiger partial charge in [0.15, 0.2) is 6.54 Å². The second-order valence-electron chi connectivity index (χ2n) is 8.73. The number of rotatable bonds is 6. The van der Waals surface area contributed by atoms with Crippen molar-refractivity contribution in [2.75, 3.05) is 0 Å². The van der Waals surface area contributed by atoms with Gasteiger partial charge < -0.3 is 21.5 Å². The Hall–Kier alpha value is -3.43. The Morgan fingerprint density at radius 1 is 0.588 bits per heavy atom. The lowest BCUT2D eigenvalue weighted by atomic mass is 10.1. The highest BCUT2D eigenvalue weighted by atomic mass is 79.9. The zero-order chi connectivity index (χ0) is 22.0. The van der Waals surface area contributed by atoms with Crippen LogP contribution in [0.3, 0.4) is 0 Å². The molecule has 0 aliphatic heterocycles. The summed E-state index contributed by atoms with van der Waals surface area (Å²) in [5.41, 5.74) is 8.02. The number of aryl methyl sites for hydroxylation is 4. The maximum Gasteiger partial charge on any atom is 0.239 e. The number of nitrogens with zero attached hydrogens (tertiary/aromatic N) is 2. The molecule has 0 saturated heterocycles. The number of pyridine rings is 1. The van der Waals surface area contributed by atoms with Gasteiger partial charge in [-0.15, -0.1) is 0 Å². The summed E-state index contributed by atoms with van der Waals surface area (Å²) in [7, 11) is 0. The summed E-state index contributed by atoms with van der Waals surface area (Å²) in [4.78, 5) is 0. The molecule has 0 atom stereocenters. The van der Waals surface area contributed by atoms with E-state index in [-0.39, 0.29) is 17.0 Å². The molecule has 0 aliphatic rings. The molecule has 0 aliphatic carbocycles. The molecule has 2 aromatic heterocycles. The van der Waals surface area contributed by atoms with Gasteiger partial charge in [0.25, 0.3) is 0 Å². The summed E-state index contributed by atoms with van der Waals surface area (Å²) in [6, 6.07) is 41.7. The summed E-state index contributed by atoms with van der Waals surface area (Å²) >= 11 is 0. The largest absolute Gasteiger partial charge is 1.00 e. The van der Waals surface area contributed by atoms with Crippen LogP contribution in [0.4, 0.5) is 0 Å². The Bertz CT molecular complexity index is 1550. The van der Waals surface area contributed by atoms with Crippen molar-refractivity contribution in [2.45, 2.75) is 25.9 Å². The van der Waals surface area contributed by atoms with Crippen molar-refractivity contribution in [1.82, 2.24) is 4.57 Å². The predicted octanol–water partition coefficient (Wildman–Crippen LogP) is 3.72. The smallest absolute Gasteiger partial charge is 0.239 e. The minimum atomic E-state index is 0. The molecule has 0 unspecified atom stereocenters. The molecule has 0 amide bonds. The number of para-hydroxylation sites is 2. The fourth-order valence-corrected chi connectivity index (χ4v) is 5.10. The van der Waals surface area contributed by atoms with Gasteiger partial charge in [0.1, 0.15) is 5.52 Å². The lowest BCUT2D eigenvalue weighted by molar-refractivity contribution is -0.644. The molecule has 0 N–H and O–H groups in total. The summed E-state index contributed by atoms with van der Waals surface area (Å²) in [5.74, 6) is 0. The lowest BCUT2D eigenvalue weighted by Gasteiger charge is -2.08. The maximum atomic E-state index is 2.54. The number of aromatic nitrogens is 2. The molecule has 2 heterocycles. The summed E-state index contributed by atoms with van der Waals surface area (Å²) < 4.78 is 5.06. The topological polar surface area (TPSA) is 8.81 Å². The average molecular weight is 507 g/mol. The van der Waals surface area contributed by atoms with Crippen molar-refractivity contribution in [3.63, 3.8) is 0 Å². The Morgan fingerprint density at radius 3 is 1.97 bits per heavy atom. The van der Waals surface area contributed by atoms with E-state index in [4.69, 9.17) is 0 Å². The number of halogens is 1. The molecule has 6 rings (SSSR count). The monoisotopic (exact) mass is 506 g/mol. The van der Waals surface area contributed by atoms with E-state index < -0.39 is 0 Å². The SMILES string of the molecule is [Br-].c1ccc(CCn2c3ccccc3c3c2cc2ccccc2[n+]3CCc2ccccc2)cc1. The summed E-state index contributed by atoms with van der Waals surface area (Å²) in [5, 5.41) is 2.63. The van der Waals surface area contributed by atoms with Crippen LogP contribution in [-0.2, 0) is 25.9 Å². The van der Waals surface area contributed by atoms with Gasteiger partial charge in [0.05, 0.1) is 10.9 Å². The van der Waals surface area contributed by atoms with Crippen molar-refractivity contribution in [1.29, 1.82) is 0 Å². The molecule has 2 nitrogen and oxygen atoms in total. The highest BCUT2D eigenvalue weighted by molar-refractivity contribution is 6.06. The van der Waals surface area contributed by atoms with E-state index in [1.165, 1.54) is 44.0 Å². The van der Waals surface area contributed by atoms with Crippen LogP contribution in [0, 0.1) is 0 Å². The minimum absolute atomic E-state index is 0. The molecular weight excluding hydrogens is 480 g/mol. The first kappa shape index (κ1) is 22.4. The number of fused-ring (bicyclic) bond motifs is 4. The van der Waals surface area contributed by atoms with Crippen molar-refractivity contribution in [3.05, 3.63) is 126 Å². The van der Waals surface area contributed by atoms with Gasteiger partial charge in [-0.05, 0) is 41.8 Å². The first-order valence-electron chi connectivity index (χ1n) is 11.8. The highest BCUT2D eigenvalue weighted by Gasteiger charge is 2.23. The second kappa shape index (κ2) is 9.82. The van der Waals surface area contributed by atoms with Gasteiger partial charge in [-0.1, -0.05) is 84.9 Å². The summed E-state index contributed by atoms with van der Waals surface area (Å²) in [6.45, 7) is 1.92. The fourth-order valence-electron chi connectivity index (χ4n) is 5.10. The van der Waals surface area contributed by atoms with E-state index in [2.05, 4.69) is 124 Å². The van der Waals surface area contributed by atoms with Crippen LogP contribution < -0.4 is 21.5 Å². The number of hydrogen-bond acceptors (Lipinski definition) is 0. The van der Waals surface area contributed by atoms with Gasteiger partial charge in [0, 0.05) is 24.4 Å². The molecule has 34 heavy (non-hydrogen) atoms. The first-order chi connectivity index (χ1) is 16.4. The van der Waals surface area contributed by atoms with Gasteiger partial charge >= 0.3 is 0 Å². The zero-order valence-corrected chi connectivity index (χ0v) is 20.7. The highest BCUT2D eigenvalue weighted by Crippen LogP contribution is 2.29. The molecule has 168 valence electrons. The van der Waals surface area contributed by atoms with Crippen molar-refractivity contribution in [3.8, 4) is 0 Å². The van der Waals surface area contributed by atoms with Gasteiger partial charge in [0.2, 0.25) is 11.0 Å².